The van der Waals surface area contributed by atoms with Crippen LogP contribution in [0, 0.1) is 10.1 Å². The summed E-state index contributed by atoms with van der Waals surface area (Å²) < 4.78 is 5.55. The van der Waals surface area contributed by atoms with Gasteiger partial charge in [0.2, 0.25) is 0 Å². The summed E-state index contributed by atoms with van der Waals surface area (Å²) in [5.74, 6) is -0.525. The van der Waals surface area contributed by atoms with E-state index in [0.29, 0.717) is 4.90 Å². The first-order chi connectivity index (χ1) is 10.0. The molecule has 5 nitrogen and oxygen atoms in total. The number of hydrogen-bond acceptors (Lipinski definition) is 5. The lowest BCUT2D eigenvalue weighted by Gasteiger charge is -2.05. The van der Waals surface area contributed by atoms with E-state index in [1.54, 1.807) is 0 Å². The number of carbonyl (C=O) groups excluding carboxylic acids is 1. The van der Waals surface area contributed by atoms with E-state index in [1.165, 1.54) is 37.1 Å². The largest absolute Gasteiger partial charge is 0.465 e. The Morgan fingerprint density at radius 3 is 2.48 bits per heavy atom. The summed E-state index contributed by atoms with van der Waals surface area (Å²) in [7, 11) is 1.27. The fraction of sp³-hybridized carbons (Fsp3) is 0.0714. The number of nitro groups is 1. The average Bonchev–Trinajstić information content (AvgIpc) is 2.48. The minimum Gasteiger partial charge on any atom is -0.465 e. The van der Waals surface area contributed by atoms with Gasteiger partial charge in [-0.1, -0.05) is 27.7 Å². The number of nitrogens with zero attached hydrogens (tertiary/aromatic N) is 1. The number of ether oxygens (including phenoxy) is 1. The highest BCUT2D eigenvalue weighted by Crippen LogP contribution is 2.36. The normalized spacial score (nSPS) is 10.2. The first kappa shape index (κ1) is 15.5. The van der Waals surface area contributed by atoms with Crippen LogP contribution in [-0.4, -0.2) is 18.0 Å². The van der Waals surface area contributed by atoms with Crippen molar-refractivity contribution in [3.63, 3.8) is 0 Å². The highest BCUT2D eigenvalue weighted by molar-refractivity contribution is 9.10. The first-order valence-corrected chi connectivity index (χ1v) is 7.42. The summed E-state index contributed by atoms with van der Waals surface area (Å²) in [6.07, 6.45) is 0. The van der Waals surface area contributed by atoms with Crippen LogP contribution >= 0.6 is 27.7 Å². The van der Waals surface area contributed by atoms with Gasteiger partial charge >= 0.3 is 5.97 Å². The molecule has 7 heteroatoms. The van der Waals surface area contributed by atoms with Gasteiger partial charge in [-0.05, 0) is 36.4 Å². The molecule has 0 fully saturated rings. The van der Waals surface area contributed by atoms with Gasteiger partial charge in [0.05, 0.1) is 22.5 Å². The monoisotopic (exact) mass is 367 g/mol. The highest BCUT2D eigenvalue weighted by atomic mass is 79.9. The Balaban J connectivity index is 2.40. The van der Waals surface area contributed by atoms with E-state index in [2.05, 4.69) is 20.7 Å². The second-order valence-corrected chi connectivity index (χ2v) is 6.02. The van der Waals surface area contributed by atoms with Crippen molar-refractivity contribution in [2.75, 3.05) is 7.11 Å². The molecule has 0 radical (unpaired) electrons. The maximum absolute atomic E-state index is 11.5. The van der Waals surface area contributed by atoms with Crippen molar-refractivity contribution in [1.29, 1.82) is 0 Å². The lowest BCUT2D eigenvalue weighted by atomic mass is 10.2. The molecule has 0 N–H and O–H groups in total. The zero-order valence-corrected chi connectivity index (χ0v) is 13.3. The van der Waals surface area contributed by atoms with Gasteiger partial charge in [0.15, 0.2) is 0 Å². The van der Waals surface area contributed by atoms with Crippen LogP contribution in [0.5, 0.6) is 0 Å². The molecule has 0 spiro atoms. The smallest absolute Gasteiger partial charge is 0.337 e. The van der Waals surface area contributed by atoms with Crippen LogP contribution in [0.4, 0.5) is 5.69 Å². The molecular weight excluding hydrogens is 358 g/mol. The Bertz CT molecular complexity index is 688. The quantitative estimate of drug-likeness (QED) is 0.457. The number of esters is 1. The van der Waals surface area contributed by atoms with E-state index in [9.17, 15) is 14.9 Å². The lowest BCUT2D eigenvalue weighted by molar-refractivity contribution is -0.387. The zero-order valence-electron chi connectivity index (χ0n) is 10.9. The van der Waals surface area contributed by atoms with E-state index >= 15 is 0 Å². The number of benzene rings is 2. The van der Waals surface area contributed by atoms with E-state index in [4.69, 9.17) is 0 Å². The molecule has 0 atom stereocenters. The number of carbonyl (C=O) groups is 1. The van der Waals surface area contributed by atoms with E-state index in [-0.39, 0.29) is 11.3 Å². The fourth-order valence-electron chi connectivity index (χ4n) is 1.62. The summed E-state index contributed by atoms with van der Waals surface area (Å²) in [6, 6.07) is 11.5. The van der Waals surface area contributed by atoms with E-state index in [0.717, 1.165) is 9.37 Å². The van der Waals surface area contributed by atoms with Crippen LogP contribution in [0.15, 0.2) is 56.7 Å². The summed E-state index contributed by atoms with van der Waals surface area (Å²) >= 11 is 4.55. The van der Waals surface area contributed by atoms with Crippen LogP contribution < -0.4 is 0 Å². The van der Waals surface area contributed by atoms with Crippen LogP contribution in [0.1, 0.15) is 10.4 Å². The third-order valence-corrected chi connectivity index (χ3v) is 4.20. The van der Waals surface area contributed by atoms with Crippen molar-refractivity contribution in [3.05, 3.63) is 62.6 Å². The van der Waals surface area contributed by atoms with Gasteiger partial charge in [-0.25, -0.2) is 4.79 Å². The van der Waals surface area contributed by atoms with Gasteiger partial charge in [0.1, 0.15) is 0 Å². The highest BCUT2D eigenvalue weighted by Gasteiger charge is 2.18. The molecule has 0 bridgehead atoms. The zero-order chi connectivity index (χ0) is 15.4. The molecule has 21 heavy (non-hydrogen) atoms. The molecule has 0 saturated carbocycles. The second-order valence-electron chi connectivity index (χ2n) is 3.99. The summed E-state index contributed by atoms with van der Waals surface area (Å²) in [4.78, 5) is 23.4. The third-order valence-electron chi connectivity index (χ3n) is 2.62. The van der Waals surface area contributed by atoms with Gasteiger partial charge in [-0.15, -0.1) is 0 Å². The van der Waals surface area contributed by atoms with E-state index < -0.39 is 10.9 Å². The molecular formula is C14H10BrNO4S. The Morgan fingerprint density at radius 1 is 1.24 bits per heavy atom. The molecule has 2 aromatic rings. The van der Waals surface area contributed by atoms with Crippen molar-refractivity contribution in [3.8, 4) is 0 Å². The lowest BCUT2D eigenvalue weighted by Crippen LogP contribution is -2.02. The maximum Gasteiger partial charge on any atom is 0.337 e. The Hall–Kier alpha value is -1.86. The van der Waals surface area contributed by atoms with Gasteiger partial charge in [-0.3, -0.25) is 10.1 Å². The Morgan fingerprint density at radius 2 is 1.90 bits per heavy atom. The molecule has 2 aromatic carbocycles. The van der Waals surface area contributed by atoms with Crippen LogP contribution in [0.2, 0.25) is 0 Å². The summed E-state index contributed by atoms with van der Waals surface area (Å²) in [5, 5.41) is 11.1. The molecule has 0 aromatic heterocycles. The first-order valence-electron chi connectivity index (χ1n) is 5.81. The van der Waals surface area contributed by atoms with Crippen LogP contribution in [0.25, 0.3) is 0 Å². The molecule has 0 aliphatic carbocycles. The van der Waals surface area contributed by atoms with Crippen molar-refractivity contribution in [1.82, 2.24) is 0 Å². The molecule has 0 aliphatic heterocycles. The average molecular weight is 368 g/mol. The fourth-order valence-corrected chi connectivity index (χ4v) is 2.84. The molecule has 0 aliphatic rings. The topological polar surface area (TPSA) is 69.4 Å². The molecule has 0 heterocycles. The minimum atomic E-state index is -0.525. The maximum atomic E-state index is 11.5. The van der Waals surface area contributed by atoms with Crippen molar-refractivity contribution < 1.29 is 14.5 Å². The predicted molar refractivity (Wildman–Crippen MR) is 82.7 cm³/mol. The van der Waals surface area contributed by atoms with Crippen molar-refractivity contribution >= 4 is 39.3 Å². The number of hydrogen-bond donors (Lipinski definition) is 0. The van der Waals surface area contributed by atoms with Crippen molar-refractivity contribution in [2.45, 2.75) is 9.79 Å². The van der Waals surface area contributed by atoms with Gasteiger partial charge in [0, 0.05) is 15.4 Å². The number of rotatable bonds is 4. The predicted octanol–water partition coefficient (Wildman–Crippen LogP) is 4.30. The molecule has 2 rings (SSSR count). The number of methoxy groups -OCH3 is 1. The number of halogens is 1. The Kier molecular flexibility index (Phi) is 4.98. The summed E-state index contributed by atoms with van der Waals surface area (Å²) in [5.41, 5.74) is 0.235. The van der Waals surface area contributed by atoms with Crippen molar-refractivity contribution in [2.24, 2.45) is 0 Å². The molecule has 0 saturated heterocycles. The van der Waals surface area contributed by atoms with E-state index in [1.807, 2.05) is 24.3 Å². The van der Waals surface area contributed by atoms with Gasteiger partial charge in [0.25, 0.3) is 5.69 Å². The Labute approximate surface area is 133 Å². The second kappa shape index (κ2) is 6.73. The minimum absolute atomic E-state index is 0.0458. The van der Waals surface area contributed by atoms with Gasteiger partial charge in [-0.2, -0.15) is 0 Å². The standard InChI is InChI=1S/C14H10BrNO4S/c1-20-14(17)9-2-7-12(16(18)19)13(8-9)21-11-5-3-10(15)4-6-11/h2-8H,1H3. The molecule has 0 amide bonds. The summed E-state index contributed by atoms with van der Waals surface area (Å²) in [6.45, 7) is 0. The molecule has 108 valence electrons. The number of nitro benzene ring substituents is 1. The molecule has 0 unspecified atom stereocenters. The SMILES string of the molecule is COC(=O)c1ccc([N+](=O)[O-])c(Sc2ccc(Br)cc2)c1. The van der Waals surface area contributed by atoms with Crippen LogP contribution in [-0.2, 0) is 4.74 Å². The third kappa shape index (κ3) is 3.83. The van der Waals surface area contributed by atoms with Crippen LogP contribution in [0.3, 0.4) is 0 Å². The van der Waals surface area contributed by atoms with Gasteiger partial charge < -0.3 is 4.74 Å².